The van der Waals surface area contributed by atoms with Crippen molar-refractivity contribution in [2.75, 3.05) is 11.1 Å². The van der Waals surface area contributed by atoms with Crippen molar-refractivity contribution >= 4 is 33.2 Å². The van der Waals surface area contributed by atoms with Gasteiger partial charge >= 0.3 is 0 Å². The monoisotopic (exact) mass is 333 g/mol. The number of carbonyl (C=O) groups excluding carboxylic acids is 1. The Morgan fingerprint density at radius 1 is 1.60 bits per heavy atom. The first-order chi connectivity index (χ1) is 9.55. The number of benzene rings is 1. The number of carbonyl (C=O) groups is 1. The van der Waals surface area contributed by atoms with Crippen molar-refractivity contribution in [3.8, 4) is 6.07 Å². The minimum absolute atomic E-state index is 0.149. The van der Waals surface area contributed by atoms with E-state index in [0.717, 1.165) is 4.47 Å². The number of nitrogens with two attached hydrogens (primary N) is 1. The Labute approximate surface area is 124 Å². The minimum atomic E-state index is -0.440. The lowest BCUT2D eigenvalue weighted by molar-refractivity contribution is 0.102. The third-order valence-electron chi connectivity index (χ3n) is 2.68. The molecule has 0 unspecified atom stereocenters. The van der Waals surface area contributed by atoms with Gasteiger partial charge in [-0.2, -0.15) is 10.4 Å². The van der Waals surface area contributed by atoms with Crippen LogP contribution in [0.25, 0.3) is 0 Å². The third kappa shape index (κ3) is 2.81. The molecule has 0 spiro atoms. The summed E-state index contributed by atoms with van der Waals surface area (Å²) in [6.45, 7) is 2.52. The van der Waals surface area contributed by atoms with Gasteiger partial charge in [-0.3, -0.25) is 9.48 Å². The van der Waals surface area contributed by atoms with E-state index < -0.39 is 5.91 Å². The summed E-state index contributed by atoms with van der Waals surface area (Å²) >= 11 is 3.30. The maximum atomic E-state index is 12.2. The predicted molar refractivity (Wildman–Crippen MR) is 79.1 cm³/mol. The Morgan fingerprint density at radius 2 is 2.35 bits per heavy atom. The lowest BCUT2D eigenvalue weighted by Crippen LogP contribution is -2.15. The van der Waals surface area contributed by atoms with Crippen molar-refractivity contribution in [3.05, 3.63) is 40.1 Å². The minimum Gasteiger partial charge on any atom is -0.396 e. The lowest BCUT2D eigenvalue weighted by Gasteiger charge is -2.06. The van der Waals surface area contributed by atoms with E-state index in [1.165, 1.54) is 0 Å². The Bertz CT molecular complexity index is 701. The van der Waals surface area contributed by atoms with E-state index in [4.69, 9.17) is 11.0 Å². The van der Waals surface area contributed by atoms with Crippen LogP contribution in [0.5, 0.6) is 0 Å². The topological polar surface area (TPSA) is 96.7 Å². The maximum absolute atomic E-state index is 12.2. The van der Waals surface area contributed by atoms with Crippen LogP contribution in [0.2, 0.25) is 0 Å². The number of nitrogens with zero attached hydrogens (tertiary/aromatic N) is 3. The van der Waals surface area contributed by atoms with Gasteiger partial charge in [-0.1, -0.05) is 15.9 Å². The van der Waals surface area contributed by atoms with Crippen molar-refractivity contribution in [1.82, 2.24) is 9.78 Å². The maximum Gasteiger partial charge on any atom is 0.278 e. The van der Waals surface area contributed by atoms with Crippen molar-refractivity contribution in [2.45, 2.75) is 13.5 Å². The molecule has 0 atom stereocenters. The number of anilines is 2. The number of nitriles is 1. The molecule has 0 radical (unpaired) electrons. The number of amides is 1. The number of nitrogens with one attached hydrogen (secondary N) is 1. The smallest absolute Gasteiger partial charge is 0.278 e. The van der Waals surface area contributed by atoms with Crippen molar-refractivity contribution in [1.29, 1.82) is 5.26 Å². The molecule has 0 aliphatic heterocycles. The van der Waals surface area contributed by atoms with Gasteiger partial charge in [-0.15, -0.1) is 0 Å². The van der Waals surface area contributed by atoms with Gasteiger partial charge in [0, 0.05) is 17.2 Å². The second-order valence-electron chi connectivity index (χ2n) is 4.04. The predicted octanol–water partition coefficient (Wildman–Crippen LogP) is 2.37. The van der Waals surface area contributed by atoms with Crippen molar-refractivity contribution < 1.29 is 4.79 Å². The standard InChI is InChI=1S/C13H12BrN5O/c1-2-19-7-10(16)12(18-19)13(20)17-11-5-9(14)4-3-8(11)6-15/h3-5,7H,2,16H2,1H3,(H,17,20). The van der Waals surface area contributed by atoms with Crippen LogP contribution in [0.3, 0.4) is 0 Å². The van der Waals surface area contributed by atoms with Crippen LogP contribution in [0.4, 0.5) is 11.4 Å². The molecule has 1 heterocycles. The second kappa shape index (κ2) is 5.75. The summed E-state index contributed by atoms with van der Waals surface area (Å²) in [5.41, 5.74) is 6.99. The quantitative estimate of drug-likeness (QED) is 0.900. The number of hydrogen-bond acceptors (Lipinski definition) is 4. The van der Waals surface area contributed by atoms with E-state index in [1.54, 1.807) is 29.1 Å². The largest absolute Gasteiger partial charge is 0.396 e. The fraction of sp³-hybridized carbons (Fsp3) is 0.154. The van der Waals surface area contributed by atoms with Crippen molar-refractivity contribution in [3.63, 3.8) is 0 Å². The van der Waals surface area contributed by atoms with Crippen LogP contribution in [0, 0.1) is 11.3 Å². The Balaban J connectivity index is 2.30. The van der Waals surface area contributed by atoms with Crippen LogP contribution < -0.4 is 11.1 Å². The highest BCUT2D eigenvalue weighted by Crippen LogP contribution is 2.22. The highest BCUT2D eigenvalue weighted by atomic mass is 79.9. The van der Waals surface area contributed by atoms with Crippen LogP contribution in [0.15, 0.2) is 28.9 Å². The van der Waals surface area contributed by atoms with Gasteiger partial charge in [0.1, 0.15) is 6.07 Å². The molecule has 0 fully saturated rings. The molecule has 6 nitrogen and oxygen atoms in total. The molecule has 2 rings (SSSR count). The molecule has 1 aromatic carbocycles. The van der Waals surface area contributed by atoms with E-state index in [-0.39, 0.29) is 5.69 Å². The molecule has 102 valence electrons. The van der Waals surface area contributed by atoms with Crippen molar-refractivity contribution in [2.24, 2.45) is 0 Å². The van der Waals surface area contributed by atoms with Gasteiger partial charge in [0.05, 0.1) is 16.9 Å². The fourth-order valence-corrected chi connectivity index (χ4v) is 2.04. The molecule has 1 amide bonds. The summed E-state index contributed by atoms with van der Waals surface area (Å²) in [6, 6.07) is 7.02. The molecule has 0 aliphatic carbocycles. The fourth-order valence-electron chi connectivity index (χ4n) is 1.67. The zero-order valence-electron chi connectivity index (χ0n) is 10.7. The molecule has 0 saturated heterocycles. The Hall–Kier alpha value is -2.33. The SMILES string of the molecule is CCn1cc(N)c(C(=O)Nc2cc(Br)ccc2C#N)n1. The molecule has 0 saturated carbocycles. The molecule has 7 heteroatoms. The highest BCUT2D eigenvalue weighted by Gasteiger charge is 2.16. The summed E-state index contributed by atoms with van der Waals surface area (Å²) in [6.07, 6.45) is 1.60. The first kappa shape index (κ1) is 14.1. The molecular weight excluding hydrogens is 322 g/mol. The average molecular weight is 334 g/mol. The zero-order valence-corrected chi connectivity index (χ0v) is 12.3. The number of halogens is 1. The number of hydrogen-bond donors (Lipinski definition) is 2. The summed E-state index contributed by atoms with van der Waals surface area (Å²) in [5, 5.41) is 15.8. The second-order valence-corrected chi connectivity index (χ2v) is 4.96. The van der Waals surface area contributed by atoms with Gasteiger partial charge in [0.15, 0.2) is 5.69 Å². The van der Waals surface area contributed by atoms with Gasteiger partial charge < -0.3 is 11.1 Å². The summed E-state index contributed by atoms with van der Waals surface area (Å²) in [4.78, 5) is 12.2. The van der Waals surface area contributed by atoms with E-state index in [2.05, 4.69) is 26.3 Å². The van der Waals surface area contributed by atoms with E-state index in [1.807, 2.05) is 13.0 Å². The van der Waals surface area contributed by atoms with E-state index >= 15 is 0 Å². The molecule has 0 aliphatic rings. The number of aromatic nitrogens is 2. The van der Waals surface area contributed by atoms with Crippen LogP contribution >= 0.6 is 15.9 Å². The summed E-state index contributed by atoms with van der Waals surface area (Å²) in [5.74, 6) is -0.440. The summed E-state index contributed by atoms with van der Waals surface area (Å²) in [7, 11) is 0. The Kier molecular flexibility index (Phi) is 4.05. The van der Waals surface area contributed by atoms with Crippen LogP contribution in [-0.4, -0.2) is 15.7 Å². The molecule has 3 N–H and O–H groups in total. The molecule has 1 aromatic heterocycles. The molecular formula is C13H12BrN5O. The molecule has 20 heavy (non-hydrogen) atoms. The molecule has 0 bridgehead atoms. The molecule has 2 aromatic rings. The third-order valence-corrected chi connectivity index (χ3v) is 3.17. The van der Waals surface area contributed by atoms with Gasteiger partial charge in [0.2, 0.25) is 0 Å². The van der Waals surface area contributed by atoms with Crippen LogP contribution in [-0.2, 0) is 6.54 Å². The van der Waals surface area contributed by atoms with E-state index in [0.29, 0.717) is 23.5 Å². The number of nitrogen functional groups attached to an aromatic ring is 1. The highest BCUT2D eigenvalue weighted by molar-refractivity contribution is 9.10. The number of aryl methyl sites for hydroxylation is 1. The average Bonchev–Trinajstić information content (AvgIpc) is 2.80. The zero-order chi connectivity index (χ0) is 14.7. The van der Waals surface area contributed by atoms with E-state index in [9.17, 15) is 4.79 Å². The van der Waals surface area contributed by atoms with Gasteiger partial charge in [-0.05, 0) is 25.1 Å². The van der Waals surface area contributed by atoms with Crippen LogP contribution in [0.1, 0.15) is 23.0 Å². The Morgan fingerprint density at radius 3 is 2.95 bits per heavy atom. The number of rotatable bonds is 3. The lowest BCUT2D eigenvalue weighted by atomic mass is 10.2. The van der Waals surface area contributed by atoms with Gasteiger partial charge in [-0.25, -0.2) is 0 Å². The first-order valence-electron chi connectivity index (χ1n) is 5.89. The normalized spacial score (nSPS) is 10.1. The summed E-state index contributed by atoms with van der Waals surface area (Å²) < 4.78 is 2.34. The first-order valence-corrected chi connectivity index (χ1v) is 6.68. The van der Waals surface area contributed by atoms with Gasteiger partial charge in [0.25, 0.3) is 5.91 Å².